The van der Waals surface area contributed by atoms with Gasteiger partial charge in [0, 0.05) is 12.7 Å². The Morgan fingerprint density at radius 1 is 1.40 bits per heavy atom. The normalized spacial score (nSPS) is 15.2. The van der Waals surface area contributed by atoms with Crippen molar-refractivity contribution in [3.63, 3.8) is 0 Å². The highest BCUT2D eigenvalue weighted by Crippen LogP contribution is 2.26. The van der Waals surface area contributed by atoms with Crippen LogP contribution in [0.25, 0.3) is 0 Å². The molecule has 3 heteroatoms. The third kappa shape index (κ3) is 3.06. The van der Waals surface area contributed by atoms with Crippen molar-refractivity contribution >= 4 is 0 Å². The quantitative estimate of drug-likeness (QED) is 0.733. The Hall–Kier alpha value is -0.830. The molecule has 0 fully saturated rings. The lowest BCUT2D eigenvalue weighted by Crippen LogP contribution is -2.25. The van der Waals surface area contributed by atoms with Gasteiger partial charge in [0.15, 0.2) is 0 Å². The number of aromatic nitrogens is 2. The van der Waals surface area contributed by atoms with Crippen LogP contribution in [-0.2, 0) is 12.1 Å². The number of aliphatic hydroxyl groups is 1. The van der Waals surface area contributed by atoms with E-state index in [9.17, 15) is 5.11 Å². The number of hydrogen-bond acceptors (Lipinski definition) is 2. The molecule has 3 nitrogen and oxygen atoms in total. The SMILES string of the molecule is CCCCCC(C)(O)c1ccnn1CC. The van der Waals surface area contributed by atoms with E-state index >= 15 is 0 Å². The second-order valence-corrected chi connectivity index (χ2v) is 4.26. The Bertz CT molecular complexity index is 292. The number of aryl methyl sites for hydroxylation is 1. The zero-order valence-corrected chi connectivity index (χ0v) is 10.0. The molecular formula is C12H22N2O. The molecule has 0 spiro atoms. The largest absolute Gasteiger partial charge is 0.384 e. The average molecular weight is 210 g/mol. The standard InChI is InChI=1S/C12H22N2O/c1-4-6-7-9-12(3,15)11-8-10-13-14(11)5-2/h8,10,15H,4-7,9H2,1-3H3. The maximum atomic E-state index is 10.4. The van der Waals surface area contributed by atoms with E-state index in [-0.39, 0.29) is 0 Å². The first-order valence-corrected chi connectivity index (χ1v) is 5.86. The van der Waals surface area contributed by atoms with Gasteiger partial charge >= 0.3 is 0 Å². The number of unbranched alkanes of at least 4 members (excludes halogenated alkanes) is 2. The lowest BCUT2D eigenvalue weighted by molar-refractivity contribution is 0.0358. The fourth-order valence-corrected chi connectivity index (χ4v) is 1.89. The van der Waals surface area contributed by atoms with Gasteiger partial charge in [-0.05, 0) is 26.3 Å². The Morgan fingerprint density at radius 2 is 2.13 bits per heavy atom. The van der Waals surface area contributed by atoms with Gasteiger partial charge in [0.05, 0.1) is 5.69 Å². The summed E-state index contributed by atoms with van der Waals surface area (Å²) in [4.78, 5) is 0. The molecule has 1 N–H and O–H groups in total. The predicted octanol–water partition coefficient (Wildman–Crippen LogP) is 2.69. The van der Waals surface area contributed by atoms with Crippen LogP contribution in [-0.4, -0.2) is 14.9 Å². The minimum absolute atomic E-state index is 0.734. The van der Waals surface area contributed by atoms with Crippen molar-refractivity contribution in [2.75, 3.05) is 0 Å². The molecule has 0 aliphatic rings. The third-order valence-corrected chi connectivity index (χ3v) is 2.84. The van der Waals surface area contributed by atoms with Crippen molar-refractivity contribution in [3.05, 3.63) is 18.0 Å². The fraction of sp³-hybridized carbons (Fsp3) is 0.750. The smallest absolute Gasteiger partial charge is 0.103 e. The zero-order valence-electron chi connectivity index (χ0n) is 10.0. The van der Waals surface area contributed by atoms with E-state index in [0.717, 1.165) is 25.1 Å². The molecule has 0 amide bonds. The van der Waals surface area contributed by atoms with E-state index in [0.29, 0.717) is 0 Å². The van der Waals surface area contributed by atoms with Crippen molar-refractivity contribution in [1.29, 1.82) is 0 Å². The average Bonchev–Trinajstić information content (AvgIpc) is 2.66. The summed E-state index contributed by atoms with van der Waals surface area (Å²) in [5.74, 6) is 0. The molecular weight excluding hydrogens is 188 g/mol. The Kier molecular flexibility index (Phi) is 4.33. The van der Waals surface area contributed by atoms with Gasteiger partial charge in [-0.25, -0.2) is 0 Å². The van der Waals surface area contributed by atoms with Gasteiger partial charge < -0.3 is 5.11 Å². The van der Waals surface area contributed by atoms with Crippen LogP contribution in [0.2, 0.25) is 0 Å². The highest BCUT2D eigenvalue weighted by atomic mass is 16.3. The second-order valence-electron chi connectivity index (χ2n) is 4.26. The van der Waals surface area contributed by atoms with Crippen molar-refractivity contribution in [3.8, 4) is 0 Å². The maximum Gasteiger partial charge on any atom is 0.103 e. The lowest BCUT2D eigenvalue weighted by atomic mass is 9.94. The molecule has 0 saturated heterocycles. The summed E-state index contributed by atoms with van der Waals surface area (Å²) < 4.78 is 1.87. The molecule has 1 rings (SSSR count). The number of nitrogens with zero attached hydrogens (tertiary/aromatic N) is 2. The molecule has 0 saturated carbocycles. The number of hydrogen-bond donors (Lipinski definition) is 1. The summed E-state index contributed by atoms with van der Waals surface area (Å²) in [6.45, 7) is 6.90. The molecule has 0 aliphatic carbocycles. The molecule has 0 bridgehead atoms. The first-order valence-electron chi connectivity index (χ1n) is 5.86. The number of rotatable bonds is 6. The third-order valence-electron chi connectivity index (χ3n) is 2.84. The van der Waals surface area contributed by atoms with E-state index in [1.54, 1.807) is 6.20 Å². The predicted molar refractivity (Wildman–Crippen MR) is 61.6 cm³/mol. The summed E-state index contributed by atoms with van der Waals surface area (Å²) in [6.07, 6.45) is 6.00. The van der Waals surface area contributed by atoms with Crippen LogP contribution in [0.1, 0.15) is 52.1 Å². The van der Waals surface area contributed by atoms with Gasteiger partial charge in [-0.15, -0.1) is 0 Å². The highest BCUT2D eigenvalue weighted by Gasteiger charge is 2.25. The minimum atomic E-state index is -0.734. The van der Waals surface area contributed by atoms with Crippen LogP contribution in [0.4, 0.5) is 0 Å². The molecule has 0 aromatic carbocycles. The van der Waals surface area contributed by atoms with Crippen molar-refractivity contribution < 1.29 is 5.11 Å². The zero-order chi connectivity index (χ0) is 11.3. The molecule has 1 aromatic rings. The lowest BCUT2D eigenvalue weighted by Gasteiger charge is -2.24. The molecule has 1 unspecified atom stereocenters. The monoisotopic (exact) mass is 210 g/mol. The van der Waals surface area contributed by atoms with Crippen LogP contribution in [0, 0.1) is 0 Å². The van der Waals surface area contributed by atoms with E-state index in [1.807, 2.05) is 24.6 Å². The summed E-state index contributed by atoms with van der Waals surface area (Å²) in [7, 11) is 0. The molecule has 0 aliphatic heterocycles. The first kappa shape index (κ1) is 12.2. The van der Waals surface area contributed by atoms with Crippen LogP contribution in [0.5, 0.6) is 0 Å². The van der Waals surface area contributed by atoms with Gasteiger partial charge in [0.25, 0.3) is 0 Å². The van der Waals surface area contributed by atoms with Gasteiger partial charge in [-0.2, -0.15) is 5.10 Å². The van der Waals surface area contributed by atoms with Crippen molar-refractivity contribution in [2.24, 2.45) is 0 Å². The summed E-state index contributed by atoms with van der Waals surface area (Å²) in [5, 5.41) is 14.5. The van der Waals surface area contributed by atoms with Crippen LogP contribution in [0.15, 0.2) is 12.3 Å². The molecule has 0 radical (unpaired) electrons. The molecule has 15 heavy (non-hydrogen) atoms. The fourth-order valence-electron chi connectivity index (χ4n) is 1.89. The maximum absolute atomic E-state index is 10.4. The van der Waals surface area contributed by atoms with Gasteiger partial charge in [0.2, 0.25) is 0 Å². The van der Waals surface area contributed by atoms with Gasteiger partial charge in [-0.3, -0.25) is 4.68 Å². The van der Waals surface area contributed by atoms with Crippen LogP contribution >= 0.6 is 0 Å². The van der Waals surface area contributed by atoms with Crippen molar-refractivity contribution in [2.45, 2.75) is 58.6 Å². The van der Waals surface area contributed by atoms with E-state index in [2.05, 4.69) is 12.0 Å². The molecule has 1 heterocycles. The second kappa shape index (κ2) is 5.31. The van der Waals surface area contributed by atoms with Gasteiger partial charge in [-0.1, -0.05) is 26.2 Å². The minimum Gasteiger partial charge on any atom is -0.384 e. The first-order chi connectivity index (χ1) is 7.11. The summed E-state index contributed by atoms with van der Waals surface area (Å²) in [6, 6.07) is 1.91. The van der Waals surface area contributed by atoms with Crippen molar-refractivity contribution in [1.82, 2.24) is 9.78 Å². The molecule has 86 valence electrons. The van der Waals surface area contributed by atoms with Gasteiger partial charge in [0.1, 0.15) is 5.60 Å². The molecule has 1 atom stereocenters. The van der Waals surface area contributed by atoms with E-state index in [1.165, 1.54) is 12.8 Å². The molecule has 1 aromatic heterocycles. The Morgan fingerprint density at radius 3 is 2.73 bits per heavy atom. The topological polar surface area (TPSA) is 38.1 Å². The Balaban J connectivity index is 2.67. The van der Waals surface area contributed by atoms with Crippen LogP contribution in [0.3, 0.4) is 0 Å². The van der Waals surface area contributed by atoms with E-state index in [4.69, 9.17) is 0 Å². The summed E-state index contributed by atoms with van der Waals surface area (Å²) in [5.41, 5.74) is 0.197. The highest BCUT2D eigenvalue weighted by molar-refractivity contribution is 5.10. The van der Waals surface area contributed by atoms with Crippen LogP contribution < -0.4 is 0 Å². The Labute approximate surface area is 92.1 Å². The summed E-state index contributed by atoms with van der Waals surface area (Å²) >= 11 is 0. The van der Waals surface area contributed by atoms with E-state index < -0.39 is 5.60 Å².